The van der Waals surface area contributed by atoms with E-state index in [0.717, 1.165) is 4.90 Å². The third kappa shape index (κ3) is 3.45. The van der Waals surface area contributed by atoms with Crippen molar-refractivity contribution < 1.29 is 23.9 Å². The highest BCUT2D eigenvalue weighted by atomic mass is 16.5. The van der Waals surface area contributed by atoms with Crippen molar-refractivity contribution in [1.29, 1.82) is 5.26 Å². The average Bonchev–Trinajstić information content (AvgIpc) is 3.07. The lowest BCUT2D eigenvalue weighted by Gasteiger charge is -2.33. The molecule has 7 nitrogen and oxygen atoms in total. The Morgan fingerprint density at radius 3 is 2.27 bits per heavy atom. The molecule has 2 rings (SSSR count). The number of nitriles is 1. The third-order valence-corrected chi connectivity index (χ3v) is 4.09. The summed E-state index contributed by atoms with van der Waals surface area (Å²) in [6.45, 7) is 5.81. The molecule has 1 atom stereocenters. The molecule has 0 fully saturated rings. The van der Waals surface area contributed by atoms with E-state index in [0.29, 0.717) is 0 Å². The van der Waals surface area contributed by atoms with Crippen LogP contribution in [0.15, 0.2) is 47.1 Å². The van der Waals surface area contributed by atoms with Crippen LogP contribution in [0.3, 0.4) is 0 Å². The van der Waals surface area contributed by atoms with E-state index >= 15 is 0 Å². The van der Waals surface area contributed by atoms with Crippen LogP contribution in [0, 0.1) is 23.2 Å². The van der Waals surface area contributed by atoms with Gasteiger partial charge >= 0.3 is 5.97 Å². The van der Waals surface area contributed by atoms with Crippen molar-refractivity contribution in [3.63, 3.8) is 0 Å². The van der Waals surface area contributed by atoms with Crippen molar-refractivity contribution in [2.24, 2.45) is 11.8 Å². The van der Waals surface area contributed by atoms with Gasteiger partial charge in [0.2, 0.25) is 17.7 Å². The molecule has 1 unspecified atom stereocenters. The summed E-state index contributed by atoms with van der Waals surface area (Å²) in [6.07, 6.45) is 7.29. The van der Waals surface area contributed by atoms with Gasteiger partial charge in [0.25, 0.3) is 0 Å². The van der Waals surface area contributed by atoms with E-state index in [1.807, 2.05) is 18.2 Å². The molecule has 1 aliphatic heterocycles. The first kappa shape index (κ1) is 19.2. The molecule has 1 aliphatic carbocycles. The molecule has 0 spiro atoms. The van der Waals surface area contributed by atoms with E-state index in [-0.39, 0.29) is 35.3 Å². The first-order valence-corrected chi connectivity index (χ1v) is 8.19. The van der Waals surface area contributed by atoms with Crippen LogP contribution < -0.4 is 0 Å². The predicted octanol–water partition coefficient (Wildman–Crippen LogP) is 2.34. The zero-order chi connectivity index (χ0) is 19.4. The molecule has 0 aromatic heterocycles. The third-order valence-electron chi connectivity index (χ3n) is 4.09. The molecule has 1 heterocycles. The van der Waals surface area contributed by atoms with Gasteiger partial charge in [0.1, 0.15) is 11.8 Å². The summed E-state index contributed by atoms with van der Waals surface area (Å²) in [5.41, 5.74) is 0.241. The topological polar surface area (TPSA) is 96.7 Å². The van der Waals surface area contributed by atoms with Crippen LogP contribution in [0.5, 0.6) is 0 Å². The lowest BCUT2D eigenvalue weighted by molar-refractivity contribution is -0.142. The summed E-state index contributed by atoms with van der Waals surface area (Å²) in [7, 11) is 0. The molecule has 2 amide bonds. The molecule has 0 saturated heterocycles. The Kier molecular flexibility index (Phi) is 5.78. The summed E-state index contributed by atoms with van der Waals surface area (Å²) >= 11 is 0. The van der Waals surface area contributed by atoms with Crippen molar-refractivity contribution in [2.75, 3.05) is 6.61 Å². The lowest BCUT2D eigenvalue weighted by atomic mass is 9.79. The van der Waals surface area contributed by atoms with Crippen LogP contribution in [0.25, 0.3) is 0 Å². The maximum absolute atomic E-state index is 12.5. The number of carbonyl (C=O) groups is 3. The smallest absolute Gasteiger partial charge is 0.338 e. The monoisotopic (exact) mass is 356 g/mol. The highest BCUT2D eigenvalue weighted by Crippen LogP contribution is 2.41. The van der Waals surface area contributed by atoms with Gasteiger partial charge in [0.15, 0.2) is 0 Å². The minimum absolute atomic E-state index is 0.0326. The molecule has 0 aromatic carbocycles. The number of allylic oxidation sites excluding steroid dienone is 6. The van der Waals surface area contributed by atoms with Crippen LogP contribution in [-0.2, 0) is 23.9 Å². The number of carbonyl (C=O) groups excluding carboxylic acids is 3. The second-order valence-electron chi connectivity index (χ2n) is 5.82. The second-order valence-corrected chi connectivity index (χ2v) is 5.82. The fourth-order valence-electron chi connectivity index (χ4n) is 3.08. The van der Waals surface area contributed by atoms with Crippen molar-refractivity contribution >= 4 is 17.8 Å². The minimum Gasteiger partial charge on any atom is -0.463 e. The van der Waals surface area contributed by atoms with Crippen LogP contribution >= 0.6 is 0 Å². The van der Waals surface area contributed by atoms with Crippen LogP contribution in [0.4, 0.5) is 0 Å². The fourth-order valence-corrected chi connectivity index (χ4v) is 3.08. The normalized spacial score (nSPS) is 19.3. The van der Waals surface area contributed by atoms with E-state index in [9.17, 15) is 19.6 Å². The SMILES string of the molecule is CCOC(=O)C1=C(C)OC(N(C(C)=O)C(C)=O)=C(C#N)C1C1C=CC=C1. The quantitative estimate of drug-likeness (QED) is 0.717. The number of ether oxygens (including phenoxy) is 2. The summed E-state index contributed by atoms with van der Waals surface area (Å²) in [5.74, 6) is -2.71. The molecule has 2 aliphatic rings. The summed E-state index contributed by atoms with van der Waals surface area (Å²) in [4.78, 5) is 37.2. The van der Waals surface area contributed by atoms with Gasteiger partial charge in [-0.2, -0.15) is 5.26 Å². The number of nitrogens with zero attached hydrogens (tertiary/aromatic N) is 2. The Morgan fingerprint density at radius 1 is 1.23 bits per heavy atom. The lowest BCUT2D eigenvalue weighted by Crippen LogP contribution is -2.38. The summed E-state index contributed by atoms with van der Waals surface area (Å²) < 4.78 is 10.7. The molecular weight excluding hydrogens is 336 g/mol. The van der Waals surface area contributed by atoms with Crippen molar-refractivity contribution in [1.82, 2.24) is 4.90 Å². The number of hydrogen-bond acceptors (Lipinski definition) is 6. The zero-order valence-corrected chi connectivity index (χ0v) is 15.1. The molecule has 26 heavy (non-hydrogen) atoms. The highest BCUT2D eigenvalue weighted by molar-refractivity contribution is 5.96. The molecule has 0 bridgehead atoms. The Bertz CT molecular complexity index is 784. The van der Waals surface area contributed by atoms with Gasteiger partial charge < -0.3 is 9.47 Å². The van der Waals surface area contributed by atoms with Gasteiger partial charge in [-0.25, -0.2) is 9.69 Å². The number of rotatable bonds is 4. The molecule has 7 heteroatoms. The molecule has 0 aromatic rings. The molecule has 0 radical (unpaired) electrons. The van der Waals surface area contributed by atoms with Crippen molar-refractivity contribution in [3.05, 3.63) is 47.1 Å². The Morgan fingerprint density at radius 2 is 1.81 bits per heavy atom. The minimum atomic E-state index is -0.709. The Balaban J connectivity index is 2.66. The average molecular weight is 356 g/mol. The van der Waals surface area contributed by atoms with Gasteiger partial charge in [-0.1, -0.05) is 24.3 Å². The van der Waals surface area contributed by atoms with E-state index in [1.165, 1.54) is 13.8 Å². The largest absolute Gasteiger partial charge is 0.463 e. The second kappa shape index (κ2) is 7.83. The fraction of sp³-hybridized carbons (Fsp3) is 0.368. The highest BCUT2D eigenvalue weighted by Gasteiger charge is 2.42. The maximum Gasteiger partial charge on any atom is 0.338 e. The maximum atomic E-state index is 12.5. The van der Waals surface area contributed by atoms with E-state index in [4.69, 9.17) is 9.47 Å². The first-order valence-electron chi connectivity index (χ1n) is 8.19. The molecule has 0 saturated carbocycles. The number of amides is 2. The number of hydrogen-bond donors (Lipinski definition) is 0. The first-order chi connectivity index (χ1) is 12.3. The van der Waals surface area contributed by atoms with Gasteiger partial charge in [0, 0.05) is 25.7 Å². The Labute approximate surface area is 151 Å². The van der Waals surface area contributed by atoms with E-state index < -0.39 is 23.7 Å². The summed E-state index contributed by atoms with van der Waals surface area (Å²) in [5, 5.41) is 9.76. The van der Waals surface area contributed by atoms with Gasteiger partial charge in [0.05, 0.1) is 17.8 Å². The van der Waals surface area contributed by atoms with Gasteiger partial charge in [-0.05, 0) is 13.8 Å². The Hall–Kier alpha value is -3.14. The van der Waals surface area contributed by atoms with E-state index in [2.05, 4.69) is 0 Å². The van der Waals surface area contributed by atoms with Crippen LogP contribution in [-0.4, -0.2) is 29.3 Å². The predicted molar refractivity (Wildman–Crippen MR) is 91.5 cm³/mol. The standard InChI is InChI=1S/C19H20N2O5/c1-5-25-19(24)16-11(2)26-18(21(12(3)22)13(4)23)15(10-20)17(16)14-8-6-7-9-14/h6-9,14,17H,5H2,1-4H3. The number of esters is 1. The summed E-state index contributed by atoms with van der Waals surface area (Å²) in [6, 6.07) is 2.02. The molecule has 0 N–H and O–H groups in total. The van der Waals surface area contributed by atoms with Crippen molar-refractivity contribution in [3.8, 4) is 6.07 Å². The van der Waals surface area contributed by atoms with E-state index in [1.54, 1.807) is 26.0 Å². The van der Waals surface area contributed by atoms with Crippen LogP contribution in [0.2, 0.25) is 0 Å². The molecular formula is C19H20N2O5. The zero-order valence-electron chi connectivity index (χ0n) is 15.1. The number of imide groups is 1. The van der Waals surface area contributed by atoms with Gasteiger partial charge in [-0.3, -0.25) is 9.59 Å². The van der Waals surface area contributed by atoms with Gasteiger partial charge in [-0.15, -0.1) is 0 Å². The van der Waals surface area contributed by atoms with Crippen molar-refractivity contribution in [2.45, 2.75) is 27.7 Å². The molecule has 136 valence electrons. The van der Waals surface area contributed by atoms with Crippen LogP contribution in [0.1, 0.15) is 27.7 Å².